The first kappa shape index (κ1) is 10.2. The van der Waals surface area contributed by atoms with Crippen molar-refractivity contribution in [2.24, 2.45) is 0 Å². The van der Waals surface area contributed by atoms with Crippen molar-refractivity contribution in [3.63, 3.8) is 0 Å². The minimum Gasteiger partial charge on any atom is -0.374 e. The molecule has 0 saturated heterocycles. The van der Waals surface area contributed by atoms with Crippen molar-refractivity contribution in [3.05, 3.63) is 35.2 Å². The first-order valence-corrected chi connectivity index (χ1v) is 5.17. The van der Waals surface area contributed by atoms with Crippen LogP contribution < -0.4 is 5.32 Å². The molecule has 0 aliphatic carbocycles. The molecule has 0 saturated carbocycles. The summed E-state index contributed by atoms with van der Waals surface area (Å²) in [6.45, 7) is 8.02. The van der Waals surface area contributed by atoms with Crippen molar-refractivity contribution >= 4 is 11.3 Å². The SMILES string of the molecule is CC1=CC(C)(C)Nc2c(F)cc(C)cc21. The van der Waals surface area contributed by atoms with Crippen molar-refractivity contribution in [1.82, 2.24) is 0 Å². The van der Waals surface area contributed by atoms with Crippen molar-refractivity contribution in [1.29, 1.82) is 0 Å². The third kappa shape index (κ3) is 1.76. The number of aryl methyl sites for hydroxylation is 1. The highest BCUT2D eigenvalue weighted by atomic mass is 19.1. The zero-order chi connectivity index (χ0) is 11.2. The fraction of sp³-hybridized carbons (Fsp3) is 0.385. The summed E-state index contributed by atoms with van der Waals surface area (Å²) >= 11 is 0. The topological polar surface area (TPSA) is 12.0 Å². The normalized spacial score (nSPS) is 17.8. The molecule has 0 aromatic heterocycles. The minimum atomic E-state index is -0.173. The summed E-state index contributed by atoms with van der Waals surface area (Å²) in [6, 6.07) is 3.59. The average Bonchev–Trinajstić information content (AvgIpc) is 2.06. The molecule has 15 heavy (non-hydrogen) atoms. The van der Waals surface area contributed by atoms with Gasteiger partial charge in [-0.05, 0) is 51.0 Å². The maximum absolute atomic E-state index is 13.8. The van der Waals surface area contributed by atoms with E-state index in [1.807, 2.05) is 33.8 Å². The molecule has 1 aromatic carbocycles. The van der Waals surface area contributed by atoms with E-state index in [4.69, 9.17) is 0 Å². The lowest BCUT2D eigenvalue weighted by atomic mass is 9.90. The zero-order valence-electron chi connectivity index (χ0n) is 9.61. The van der Waals surface area contributed by atoms with Crippen molar-refractivity contribution in [2.45, 2.75) is 33.2 Å². The lowest BCUT2D eigenvalue weighted by Crippen LogP contribution is -2.32. The summed E-state index contributed by atoms with van der Waals surface area (Å²) in [6.07, 6.45) is 2.13. The Bertz CT molecular complexity index is 444. The molecule has 1 nitrogen and oxygen atoms in total. The third-order valence-electron chi connectivity index (χ3n) is 2.68. The van der Waals surface area contributed by atoms with Crippen LogP contribution in [-0.2, 0) is 0 Å². The molecular formula is C13H16FN. The summed E-state index contributed by atoms with van der Waals surface area (Å²) in [5, 5.41) is 3.21. The van der Waals surface area contributed by atoms with E-state index >= 15 is 0 Å². The molecule has 2 rings (SSSR count). The molecule has 2 heteroatoms. The molecule has 80 valence electrons. The first-order chi connectivity index (χ1) is 6.89. The van der Waals surface area contributed by atoms with Gasteiger partial charge in [0.1, 0.15) is 5.82 Å². The van der Waals surface area contributed by atoms with Crippen molar-refractivity contribution in [2.75, 3.05) is 5.32 Å². The standard InChI is InChI=1S/C13H16FN/c1-8-5-10-9(2)7-13(3,4)15-12(10)11(14)6-8/h5-7,15H,1-4H3. The van der Waals surface area contributed by atoms with E-state index in [2.05, 4.69) is 11.4 Å². The summed E-state index contributed by atoms with van der Waals surface area (Å²) in [4.78, 5) is 0. The lowest BCUT2D eigenvalue weighted by Gasteiger charge is -2.31. The number of benzene rings is 1. The predicted molar refractivity (Wildman–Crippen MR) is 62.5 cm³/mol. The van der Waals surface area contributed by atoms with Gasteiger partial charge in [-0.2, -0.15) is 0 Å². The monoisotopic (exact) mass is 205 g/mol. The summed E-state index contributed by atoms with van der Waals surface area (Å²) in [5.41, 5.74) is 3.53. The van der Waals surface area contributed by atoms with Crippen molar-refractivity contribution < 1.29 is 4.39 Å². The van der Waals surface area contributed by atoms with Gasteiger partial charge in [0.05, 0.1) is 11.2 Å². The van der Waals surface area contributed by atoms with E-state index in [0.29, 0.717) is 5.69 Å². The Kier molecular flexibility index (Phi) is 2.10. The van der Waals surface area contributed by atoms with E-state index in [0.717, 1.165) is 16.7 Å². The van der Waals surface area contributed by atoms with Crippen LogP contribution in [0, 0.1) is 12.7 Å². The van der Waals surface area contributed by atoms with Gasteiger partial charge in [-0.3, -0.25) is 0 Å². The minimum absolute atomic E-state index is 0.162. The quantitative estimate of drug-likeness (QED) is 0.680. The lowest BCUT2D eigenvalue weighted by molar-refractivity contribution is 0.614. The number of allylic oxidation sites excluding steroid dienone is 1. The maximum Gasteiger partial charge on any atom is 0.147 e. The number of rotatable bonds is 0. The van der Waals surface area contributed by atoms with E-state index in [1.165, 1.54) is 0 Å². The molecule has 0 radical (unpaired) electrons. The van der Waals surface area contributed by atoms with Crippen LogP contribution in [0.4, 0.5) is 10.1 Å². The van der Waals surface area contributed by atoms with Gasteiger partial charge >= 0.3 is 0 Å². The molecule has 1 aromatic rings. The highest BCUT2D eigenvalue weighted by molar-refractivity contribution is 5.80. The number of halogens is 1. The average molecular weight is 205 g/mol. The molecule has 1 heterocycles. The van der Waals surface area contributed by atoms with E-state index in [9.17, 15) is 4.39 Å². The summed E-state index contributed by atoms with van der Waals surface area (Å²) in [7, 11) is 0. The number of fused-ring (bicyclic) bond motifs is 1. The fourth-order valence-electron chi connectivity index (χ4n) is 2.16. The van der Waals surface area contributed by atoms with Crippen LogP contribution in [0.1, 0.15) is 31.9 Å². The van der Waals surface area contributed by atoms with Crippen LogP contribution in [0.2, 0.25) is 0 Å². The van der Waals surface area contributed by atoms with Gasteiger partial charge in [0, 0.05) is 5.56 Å². The smallest absolute Gasteiger partial charge is 0.147 e. The molecule has 1 aliphatic heterocycles. The zero-order valence-corrected chi connectivity index (χ0v) is 9.61. The molecule has 0 spiro atoms. The second kappa shape index (κ2) is 3.09. The van der Waals surface area contributed by atoms with Crippen LogP contribution in [0.25, 0.3) is 5.57 Å². The number of nitrogens with one attached hydrogen (secondary N) is 1. The van der Waals surface area contributed by atoms with Gasteiger partial charge in [-0.1, -0.05) is 6.08 Å². The van der Waals surface area contributed by atoms with Crippen molar-refractivity contribution in [3.8, 4) is 0 Å². The van der Waals surface area contributed by atoms with Crippen LogP contribution in [0.5, 0.6) is 0 Å². The van der Waals surface area contributed by atoms with Gasteiger partial charge in [-0.25, -0.2) is 4.39 Å². The molecular weight excluding hydrogens is 189 g/mol. The van der Waals surface area contributed by atoms with Gasteiger partial charge in [-0.15, -0.1) is 0 Å². The highest BCUT2D eigenvalue weighted by Crippen LogP contribution is 2.35. The Hall–Kier alpha value is -1.31. The second-order valence-electron chi connectivity index (χ2n) is 4.84. The van der Waals surface area contributed by atoms with Gasteiger partial charge in [0.15, 0.2) is 0 Å². The number of anilines is 1. The molecule has 1 aliphatic rings. The first-order valence-electron chi connectivity index (χ1n) is 5.17. The number of hydrogen-bond donors (Lipinski definition) is 1. The molecule has 0 atom stereocenters. The Morgan fingerprint density at radius 2 is 1.87 bits per heavy atom. The van der Waals surface area contributed by atoms with Gasteiger partial charge in [0.2, 0.25) is 0 Å². The van der Waals surface area contributed by atoms with Crippen LogP contribution in [0.15, 0.2) is 18.2 Å². The molecule has 1 N–H and O–H groups in total. The highest BCUT2D eigenvalue weighted by Gasteiger charge is 2.24. The second-order valence-corrected chi connectivity index (χ2v) is 4.84. The summed E-state index contributed by atoms with van der Waals surface area (Å²) in [5.74, 6) is -0.162. The Morgan fingerprint density at radius 1 is 1.20 bits per heavy atom. The fourth-order valence-corrected chi connectivity index (χ4v) is 2.16. The molecule has 0 fully saturated rings. The van der Waals surface area contributed by atoms with Crippen LogP contribution in [-0.4, -0.2) is 5.54 Å². The molecule has 0 bridgehead atoms. The molecule has 0 amide bonds. The van der Waals surface area contributed by atoms with Gasteiger partial charge in [0.25, 0.3) is 0 Å². The maximum atomic E-state index is 13.8. The van der Waals surface area contributed by atoms with E-state index in [-0.39, 0.29) is 11.4 Å². The van der Waals surface area contributed by atoms with E-state index in [1.54, 1.807) is 6.07 Å². The largest absolute Gasteiger partial charge is 0.374 e. The van der Waals surface area contributed by atoms with E-state index < -0.39 is 0 Å². The Morgan fingerprint density at radius 3 is 2.53 bits per heavy atom. The van der Waals surface area contributed by atoms with Gasteiger partial charge < -0.3 is 5.32 Å². The van der Waals surface area contributed by atoms with Crippen LogP contribution >= 0.6 is 0 Å². The Labute approximate surface area is 90.0 Å². The predicted octanol–water partition coefficient (Wildman–Crippen LogP) is 3.74. The number of hydrogen-bond acceptors (Lipinski definition) is 1. The summed E-state index contributed by atoms with van der Waals surface area (Å²) < 4.78 is 13.8. The molecule has 0 unspecified atom stereocenters. The van der Waals surface area contributed by atoms with Crippen LogP contribution in [0.3, 0.4) is 0 Å². The Balaban J connectivity index is 2.65. The third-order valence-corrected chi connectivity index (χ3v) is 2.68.